The number of rotatable bonds is 3. The van der Waals surface area contributed by atoms with Gasteiger partial charge in [0.2, 0.25) is 5.72 Å². The second-order valence-electron chi connectivity index (χ2n) is 5.98. The Morgan fingerprint density at radius 3 is 2.59 bits per heavy atom. The number of aliphatic hydroxyl groups is 1. The number of carbonyl (C=O) groups excluding carboxylic acids is 2. The molecular weight excluding hydrogens is 387 g/mol. The molecule has 0 bridgehead atoms. The Balaban J connectivity index is 2.17. The molecule has 3 atom stereocenters. The standard InChI is InChI=1S/C17H13ClF3N3O3/c18-11-5-1-3-9(7-11)13-12(14(25)10-4-2-6-22-8-10)16(27,17(19,20)21)24-15(26)23-13/h1-8,12-13,27H,(H2,23,24,26)/t12-,13-,16+/m1/s1. The average Bonchev–Trinajstić information content (AvgIpc) is 2.60. The van der Waals surface area contributed by atoms with Crippen LogP contribution >= 0.6 is 11.6 Å². The van der Waals surface area contributed by atoms with Crippen LogP contribution in [-0.2, 0) is 0 Å². The first kappa shape index (κ1) is 19.1. The molecule has 3 N–H and O–H groups in total. The van der Waals surface area contributed by atoms with Crippen LogP contribution in [0.3, 0.4) is 0 Å². The lowest BCUT2D eigenvalue weighted by Crippen LogP contribution is -2.72. The molecule has 1 aliphatic heterocycles. The van der Waals surface area contributed by atoms with Crippen LogP contribution < -0.4 is 10.6 Å². The highest BCUT2D eigenvalue weighted by molar-refractivity contribution is 6.30. The molecule has 2 aromatic rings. The summed E-state index contributed by atoms with van der Waals surface area (Å²) >= 11 is 5.90. The summed E-state index contributed by atoms with van der Waals surface area (Å²) in [4.78, 5) is 28.5. The Morgan fingerprint density at radius 1 is 1.26 bits per heavy atom. The lowest BCUT2D eigenvalue weighted by Gasteiger charge is -2.45. The maximum Gasteiger partial charge on any atom is 0.437 e. The molecule has 1 aromatic heterocycles. The molecule has 0 radical (unpaired) electrons. The molecule has 142 valence electrons. The van der Waals surface area contributed by atoms with Crippen molar-refractivity contribution in [1.82, 2.24) is 15.6 Å². The Kier molecular flexibility index (Phi) is 4.83. The maximum absolute atomic E-state index is 13.7. The molecule has 2 amide bonds. The first-order valence-electron chi connectivity index (χ1n) is 7.71. The Labute approximate surface area is 156 Å². The summed E-state index contributed by atoms with van der Waals surface area (Å²) in [5, 5.41) is 14.3. The number of nitrogens with one attached hydrogen (secondary N) is 2. The van der Waals surface area contributed by atoms with Crippen molar-refractivity contribution in [1.29, 1.82) is 0 Å². The van der Waals surface area contributed by atoms with E-state index in [1.807, 2.05) is 0 Å². The van der Waals surface area contributed by atoms with Crippen molar-refractivity contribution in [3.8, 4) is 0 Å². The number of hydrogen-bond donors (Lipinski definition) is 3. The van der Waals surface area contributed by atoms with Gasteiger partial charge in [0.15, 0.2) is 5.78 Å². The van der Waals surface area contributed by atoms with E-state index in [-0.39, 0.29) is 16.1 Å². The third kappa shape index (κ3) is 3.47. The number of ketones is 1. The van der Waals surface area contributed by atoms with Crippen molar-refractivity contribution in [2.45, 2.75) is 17.9 Å². The minimum Gasteiger partial charge on any atom is -0.363 e. The first-order valence-corrected chi connectivity index (χ1v) is 8.09. The molecule has 3 rings (SSSR count). The van der Waals surface area contributed by atoms with Crippen molar-refractivity contribution in [3.05, 3.63) is 64.9 Å². The number of urea groups is 1. The molecule has 10 heteroatoms. The van der Waals surface area contributed by atoms with E-state index in [0.717, 1.165) is 6.20 Å². The predicted octanol–water partition coefficient (Wildman–Crippen LogP) is 2.84. The van der Waals surface area contributed by atoms with Crippen LogP contribution in [0.2, 0.25) is 5.02 Å². The zero-order chi connectivity index (χ0) is 19.8. The van der Waals surface area contributed by atoms with Crippen LogP contribution in [0.4, 0.5) is 18.0 Å². The molecule has 0 aliphatic carbocycles. The summed E-state index contributed by atoms with van der Waals surface area (Å²) in [5.41, 5.74) is -3.78. The summed E-state index contributed by atoms with van der Waals surface area (Å²) in [7, 11) is 0. The molecule has 0 spiro atoms. The largest absolute Gasteiger partial charge is 0.437 e. The highest BCUT2D eigenvalue weighted by Crippen LogP contribution is 2.44. The zero-order valence-corrected chi connectivity index (χ0v) is 14.3. The Morgan fingerprint density at radius 2 is 2.00 bits per heavy atom. The summed E-state index contributed by atoms with van der Waals surface area (Å²) in [6.45, 7) is 0. The summed E-state index contributed by atoms with van der Waals surface area (Å²) < 4.78 is 41.1. The van der Waals surface area contributed by atoms with Gasteiger partial charge in [0, 0.05) is 23.0 Å². The summed E-state index contributed by atoms with van der Waals surface area (Å²) in [6, 6.07) is 5.58. The minimum atomic E-state index is -5.32. The lowest BCUT2D eigenvalue weighted by atomic mass is 9.77. The van der Waals surface area contributed by atoms with Gasteiger partial charge >= 0.3 is 12.2 Å². The van der Waals surface area contributed by atoms with Gasteiger partial charge in [-0.2, -0.15) is 13.2 Å². The predicted molar refractivity (Wildman–Crippen MR) is 88.9 cm³/mol. The molecule has 0 unspecified atom stereocenters. The minimum absolute atomic E-state index is 0.141. The molecule has 1 aliphatic rings. The third-order valence-electron chi connectivity index (χ3n) is 4.24. The van der Waals surface area contributed by atoms with E-state index in [2.05, 4.69) is 10.3 Å². The highest BCUT2D eigenvalue weighted by Gasteiger charge is 2.66. The van der Waals surface area contributed by atoms with Gasteiger partial charge in [0.25, 0.3) is 0 Å². The molecule has 1 fully saturated rings. The van der Waals surface area contributed by atoms with E-state index in [0.29, 0.717) is 0 Å². The van der Waals surface area contributed by atoms with Crippen LogP contribution in [0, 0.1) is 5.92 Å². The highest BCUT2D eigenvalue weighted by atomic mass is 35.5. The first-order chi connectivity index (χ1) is 12.6. The number of hydrogen-bond acceptors (Lipinski definition) is 4. The van der Waals surface area contributed by atoms with Crippen LogP contribution in [0.5, 0.6) is 0 Å². The van der Waals surface area contributed by atoms with Crippen LogP contribution in [-0.4, -0.2) is 33.8 Å². The average molecular weight is 400 g/mol. The van der Waals surface area contributed by atoms with E-state index in [9.17, 15) is 27.9 Å². The molecular formula is C17H13ClF3N3O3. The quantitative estimate of drug-likeness (QED) is 0.692. The van der Waals surface area contributed by atoms with Gasteiger partial charge in [-0.3, -0.25) is 9.78 Å². The van der Waals surface area contributed by atoms with E-state index in [4.69, 9.17) is 11.6 Å². The lowest BCUT2D eigenvalue weighted by molar-refractivity contribution is -0.287. The Hall–Kier alpha value is -2.65. The van der Waals surface area contributed by atoms with Gasteiger partial charge in [-0.05, 0) is 29.8 Å². The summed E-state index contributed by atoms with van der Waals surface area (Å²) in [5.74, 6) is -3.15. The number of pyridine rings is 1. The number of amides is 2. The van der Waals surface area contributed by atoms with Crippen molar-refractivity contribution < 1.29 is 27.9 Å². The number of benzene rings is 1. The second kappa shape index (κ2) is 6.82. The SMILES string of the molecule is O=C1N[C@H](c2cccc(Cl)c2)[C@H](C(=O)c2cccnc2)[C@](O)(C(F)(F)F)N1. The van der Waals surface area contributed by atoms with E-state index >= 15 is 0 Å². The number of nitrogens with zero attached hydrogens (tertiary/aromatic N) is 1. The van der Waals surface area contributed by atoms with Gasteiger partial charge in [-0.1, -0.05) is 23.7 Å². The normalized spacial score (nSPS) is 25.4. The molecule has 0 saturated carbocycles. The van der Waals surface area contributed by atoms with E-state index in [1.165, 1.54) is 47.9 Å². The summed E-state index contributed by atoms with van der Waals surface area (Å²) in [6.07, 6.45) is -2.88. The molecule has 2 heterocycles. The van der Waals surface area contributed by atoms with Crippen molar-refractivity contribution in [2.75, 3.05) is 0 Å². The molecule has 1 aromatic carbocycles. The van der Waals surface area contributed by atoms with Gasteiger partial charge in [-0.25, -0.2) is 4.79 Å². The van der Waals surface area contributed by atoms with Crippen molar-refractivity contribution in [2.24, 2.45) is 5.92 Å². The number of aromatic nitrogens is 1. The zero-order valence-electron chi connectivity index (χ0n) is 13.5. The maximum atomic E-state index is 13.7. The van der Waals surface area contributed by atoms with Gasteiger partial charge in [-0.15, -0.1) is 0 Å². The monoisotopic (exact) mass is 399 g/mol. The topological polar surface area (TPSA) is 91.3 Å². The van der Waals surface area contributed by atoms with Gasteiger partial charge in [0.1, 0.15) is 5.92 Å². The van der Waals surface area contributed by atoms with Gasteiger partial charge in [0.05, 0.1) is 6.04 Å². The van der Waals surface area contributed by atoms with Crippen molar-refractivity contribution in [3.63, 3.8) is 0 Å². The van der Waals surface area contributed by atoms with Crippen LogP contribution in [0.25, 0.3) is 0 Å². The van der Waals surface area contributed by atoms with E-state index < -0.39 is 35.7 Å². The number of Topliss-reactive ketones (excluding diaryl/α,β-unsaturated/α-hetero) is 1. The Bertz CT molecular complexity index is 878. The fraction of sp³-hybridized carbons (Fsp3) is 0.235. The molecule has 6 nitrogen and oxygen atoms in total. The fourth-order valence-electron chi connectivity index (χ4n) is 3.00. The second-order valence-corrected chi connectivity index (χ2v) is 6.42. The number of halogens is 4. The molecule has 1 saturated heterocycles. The van der Waals surface area contributed by atoms with E-state index in [1.54, 1.807) is 0 Å². The fourth-order valence-corrected chi connectivity index (χ4v) is 3.20. The van der Waals surface area contributed by atoms with Crippen LogP contribution in [0.15, 0.2) is 48.8 Å². The third-order valence-corrected chi connectivity index (χ3v) is 4.48. The van der Waals surface area contributed by atoms with Gasteiger partial charge < -0.3 is 15.7 Å². The van der Waals surface area contributed by atoms with Crippen LogP contribution in [0.1, 0.15) is 22.0 Å². The number of carbonyl (C=O) groups is 2. The smallest absolute Gasteiger partial charge is 0.363 e. The number of alkyl halides is 3. The molecule has 27 heavy (non-hydrogen) atoms. The van der Waals surface area contributed by atoms with Crippen molar-refractivity contribution >= 4 is 23.4 Å².